The topological polar surface area (TPSA) is 35.5 Å². The van der Waals surface area contributed by atoms with Crippen LogP contribution >= 0.6 is 59.4 Å². The Labute approximate surface area is 119 Å². The molecule has 0 rings (SSSR count). The Bertz CT molecular complexity index is 218. The van der Waals surface area contributed by atoms with Crippen LogP contribution in [0.25, 0.3) is 0 Å². The summed E-state index contributed by atoms with van der Waals surface area (Å²) < 4.78 is 9.09. The molecule has 0 amide bonds. The summed E-state index contributed by atoms with van der Waals surface area (Å²) in [5, 5.41) is 0. The first-order chi connectivity index (χ1) is 6.91. The predicted molar refractivity (Wildman–Crippen MR) is 71.1 cm³/mol. The monoisotopic (exact) mass is 426 g/mol. The quantitative estimate of drug-likeness (QED) is 0.282. The summed E-state index contributed by atoms with van der Waals surface area (Å²) in [7, 11) is 0. The SMILES string of the molecule is C=CCOCC(CCl)OC(=O)C(Br)(Br)Br. The van der Waals surface area contributed by atoms with Crippen molar-refractivity contribution in [2.24, 2.45) is 0 Å². The van der Waals surface area contributed by atoms with Crippen molar-refractivity contribution < 1.29 is 14.3 Å². The zero-order chi connectivity index (χ0) is 11.9. The van der Waals surface area contributed by atoms with E-state index in [1.165, 1.54) is 0 Å². The van der Waals surface area contributed by atoms with Gasteiger partial charge in [0.25, 0.3) is 0 Å². The minimum Gasteiger partial charge on any atom is -0.456 e. The lowest BCUT2D eigenvalue weighted by molar-refractivity contribution is -0.148. The number of ether oxygens (including phenoxy) is 2. The van der Waals surface area contributed by atoms with E-state index in [9.17, 15) is 4.79 Å². The van der Waals surface area contributed by atoms with Crippen LogP contribution in [0.3, 0.4) is 0 Å². The maximum atomic E-state index is 11.4. The van der Waals surface area contributed by atoms with E-state index in [1.807, 2.05) is 0 Å². The first-order valence-electron chi connectivity index (χ1n) is 3.94. The molecule has 0 aliphatic carbocycles. The van der Waals surface area contributed by atoms with E-state index in [-0.39, 0.29) is 12.5 Å². The van der Waals surface area contributed by atoms with E-state index in [4.69, 9.17) is 21.1 Å². The lowest BCUT2D eigenvalue weighted by Gasteiger charge is -2.18. The van der Waals surface area contributed by atoms with Gasteiger partial charge in [-0.2, -0.15) is 0 Å². The van der Waals surface area contributed by atoms with Crippen molar-refractivity contribution in [1.82, 2.24) is 0 Å². The fourth-order valence-electron chi connectivity index (χ4n) is 0.611. The lowest BCUT2D eigenvalue weighted by Crippen LogP contribution is -2.30. The molecule has 0 spiro atoms. The van der Waals surface area contributed by atoms with Crippen LogP contribution in [0.4, 0.5) is 0 Å². The second-order valence-corrected chi connectivity index (χ2v) is 9.58. The summed E-state index contributed by atoms with van der Waals surface area (Å²) in [5.41, 5.74) is 0. The van der Waals surface area contributed by atoms with Crippen molar-refractivity contribution in [3.8, 4) is 0 Å². The van der Waals surface area contributed by atoms with Crippen molar-refractivity contribution >= 4 is 65.4 Å². The molecule has 7 heteroatoms. The predicted octanol–water partition coefficient (Wildman–Crippen LogP) is 3.18. The summed E-state index contributed by atoms with van der Waals surface area (Å²) in [5.74, 6) is -0.346. The number of hydrogen-bond acceptors (Lipinski definition) is 3. The third-order valence-corrected chi connectivity index (χ3v) is 2.53. The number of hydrogen-bond donors (Lipinski definition) is 0. The van der Waals surface area contributed by atoms with Gasteiger partial charge in [0.1, 0.15) is 6.10 Å². The van der Waals surface area contributed by atoms with Gasteiger partial charge in [0.2, 0.25) is 2.14 Å². The van der Waals surface area contributed by atoms with E-state index < -0.39 is 14.2 Å². The fourth-order valence-corrected chi connectivity index (χ4v) is 1.04. The van der Waals surface area contributed by atoms with Gasteiger partial charge in [0.15, 0.2) is 0 Å². The molecular formula is C8H10Br3ClO3. The Morgan fingerprint density at radius 2 is 2.13 bits per heavy atom. The lowest BCUT2D eigenvalue weighted by atomic mass is 10.4. The Morgan fingerprint density at radius 3 is 2.53 bits per heavy atom. The summed E-state index contributed by atoms with van der Waals surface area (Å²) in [6.07, 6.45) is 1.13. The molecule has 0 aliphatic heterocycles. The first kappa shape index (κ1) is 15.9. The highest BCUT2D eigenvalue weighted by atomic mass is 80.0. The summed E-state index contributed by atoms with van der Waals surface area (Å²) >= 11 is 14.7. The molecule has 15 heavy (non-hydrogen) atoms. The molecule has 1 atom stereocenters. The number of carbonyl (C=O) groups is 1. The minimum absolute atomic E-state index is 0.173. The molecule has 3 nitrogen and oxygen atoms in total. The molecular weight excluding hydrogens is 419 g/mol. The Kier molecular flexibility index (Phi) is 8.54. The van der Waals surface area contributed by atoms with Crippen LogP contribution in [0, 0.1) is 0 Å². The van der Waals surface area contributed by atoms with Crippen molar-refractivity contribution in [2.45, 2.75) is 8.25 Å². The summed E-state index contributed by atoms with van der Waals surface area (Å²) in [4.78, 5) is 11.4. The van der Waals surface area contributed by atoms with Gasteiger partial charge in [-0.05, 0) is 47.8 Å². The average molecular weight is 429 g/mol. The van der Waals surface area contributed by atoms with E-state index in [2.05, 4.69) is 54.4 Å². The number of alkyl halides is 4. The van der Waals surface area contributed by atoms with Gasteiger partial charge >= 0.3 is 5.97 Å². The van der Waals surface area contributed by atoms with Crippen molar-refractivity contribution in [3.05, 3.63) is 12.7 Å². The molecule has 0 heterocycles. The fraction of sp³-hybridized carbons (Fsp3) is 0.625. The van der Waals surface area contributed by atoms with Crippen LogP contribution in [0.2, 0.25) is 0 Å². The van der Waals surface area contributed by atoms with Crippen LogP contribution in [0.1, 0.15) is 0 Å². The van der Waals surface area contributed by atoms with Crippen LogP contribution in [0.5, 0.6) is 0 Å². The molecule has 0 saturated heterocycles. The van der Waals surface area contributed by atoms with Crippen LogP contribution in [-0.2, 0) is 14.3 Å². The Hall–Kier alpha value is 0.900. The minimum atomic E-state index is -1.07. The van der Waals surface area contributed by atoms with Gasteiger partial charge < -0.3 is 9.47 Å². The summed E-state index contributed by atoms with van der Waals surface area (Å²) in [6.45, 7) is 4.13. The molecule has 0 fully saturated rings. The second-order valence-electron chi connectivity index (χ2n) is 2.51. The van der Waals surface area contributed by atoms with Gasteiger partial charge in [-0.15, -0.1) is 18.2 Å². The second kappa shape index (κ2) is 8.06. The normalized spacial score (nSPS) is 13.3. The highest BCUT2D eigenvalue weighted by molar-refractivity contribution is 9.40. The van der Waals surface area contributed by atoms with E-state index in [1.54, 1.807) is 6.08 Å². The Morgan fingerprint density at radius 1 is 1.53 bits per heavy atom. The van der Waals surface area contributed by atoms with Gasteiger partial charge in [0.05, 0.1) is 19.1 Å². The third kappa shape index (κ3) is 7.74. The smallest absolute Gasteiger partial charge is 0.345 e. The summed E-state index contributed by atoms with van der Waals surface area (Å²) in [6, 6.07) is 0. The van der Waals surface area contributed by atoms with E-state index in [0.29, 0.717) is 6.61 Å². The molecule has 0 radical (unpaired) electrons. The Balaban J connectivity index is 3.98. The van der Waals surface area contributed by atoms with Crippen LogP contribution in [-0.4, -0.2) is 33.3 Å². The van der Waals surface area contributed by atoms with E-state index in [0.717, 1.165) is 0 Å². The number of carbonyl (C=O) groups excluding carboxylic acids is 1. The first-order valence-corrected chi connectivity index (χ1v) is 6.85. The number of halogens is 4. The molecule has 0 aromatic carbocycles. The third-order valence-electron chi connectivity index (χ3n) is 1.22. The van der Waals surface area contributed by atoms with Crippen molar-refractivity contribution in [1.29, 1.82) is 0 Å². The molecule has 0 aromatic rings. The zero-order valence-corrected chi connectivity index (χ0v) is 13.2. The highest BCUT2D eigenvalue weighted by Crippen LogP contribution is 2.35. The van der Waals surface area contributed by atoms with Gasteiger partial charge in [-0.3, -0.25) is 0 Å². The molecule has 0 N–H and O–H groups in total. The van der Waals surface area contributed by atoms with Gasteiger partial charge in [-0.25, -0.2) is 4.79 Å². The zero-order valence-electron chi connectivity index (χ0n) is 7.72. The van der Waals surface area contributed by atoms with Gasteiger partial charge in [0, 0.05) is 0 Å². The number of esters is 1. The van der Waals surface area contributed by atoms with Crippen molar-refractivity contribution in [2.75, 3.05) is 19.1 Å². The maximum absolute atomic E-state index is 11.4. The molecule has 1 unspecified atom stereocenters. The highest BCUT2D eigenvalue weighted by Gasteiger charge is 2.32. The van der Waals surface area contributed by atoms with Gasteiger partial charge in [-0.1, -0.05) is 6.08 Å². The molecule has 0 aromatic heterocycles. The molecule has 0 bridgehead atoms. The maximum Gasteiger partial charge on any atom is 0.345 e. The van der Waals surface area contributed by atoms with E-state index >= 15 is 0 Å². The average Bonchev–Trinajstić information content (AvgIpc) is 2.14. The molecule has 0 saturated carbocycles. The largest absolute Gasteiger partial charge is 0.456 e. The standard InChI is InChI=1S/C8H10Br3ClO3/c1-2-3-14-5-6(4-12)15-7(13)8(9,10)11/h2,6H,1,3-5H2. The molecule has 0 aliphatic rings. The number of rotatable bonds is 6. The van der Waals surface area contributed by atoms with Crippen molar-refractivity contribution in [3.63, 3.8) is 0 Å². The van der Waals surface area contributed by atoms with Crippen LogP contribution < -0.4 is 0 Å². The van der Waals surface area contributed by atoms with Crippen LogP contribution in [0.15, 0.2) is 12.7 Å². The molecule has 88 valence electrons.